The van der Waals surface area contributed by atoms with Crippen molar-refractivity contribution >= 4 is 0 Å². The Morgan fingerprint density at radius 2 is 1.80 bits per heavy atom. The molecule has 0 heterocycles. The molecule has 2 unspecified atom stereocenters. The predicted molar refractivity (Wildman–Crippen MR) is 45.6 cm³/mol. The second-order valence-electron chi connectivity index (χ2n) is 4.74. The summed E-state index contributed by atoms with van der Waals surface area (Å²) in [5.41, 5.74) is 0.520. The fraction of sp³-hybridized carbons (Fsp3) is 0.900. The van der Waals surface area contributed by atoms with Crippen molar-refractivity contribution in [1.82, 2.24) is 0 Å². The molecular weight excluding hydrogens is 120 g/mol. The first-order valence-corrected chi connectivity index (χ1v) is 4.33. The highest BCUT2D eigenvalue weighted by Crippen LogP contribution is 2.41. The molecule has 1 aliphatic rings. The van der Waals surface area contributed by atoms with Crippen LogP contribution >= 0.6 is 0 Å². The molecule has 1 saturated carbocycles. The van der Waals surface area contributed by atoms with Crippen LogP contribution in [0.1, 0.15) is 40.0 Å². The standard InChI is InChI=1S/C10H19/c1-8-5-6-9(7-8)10(2,3)4/h8-9H,1,5-7H2,2-4H3. The average molecular weight is 139 g/mol. The first-order valence-electron chi connectivity index (χ1n) is 4.33. The molecule has 0 aliphatic heterocycles. The lowest BCUT2D eigenvalue weighted by molar-refractivity contribution is 0.242. The molecule has 1 fully saturated rings. The van der Waals surface area contributed by atoms with Gasteiger partial charge in [0.05, 0.1) is 0 Å². The lowest BCUT2D eigenvalue weighted by Crippen LogP contribution is -2.17. The van der Waals surface area contributed by atoms with E-state index in [0.29, 0.717) is 5.41 Å². The second kappa shape index (κ2) is 2.56. The maximum Gasteiger partial charge on any atom is -0.0354 e. The summed E-state index contributed by atoms with van der Waals surface area (Å²) in [6, 6.07) is 0. The molecule has 0 bridgehead atoms. The Morgan fingerprint density at radius 3 is 2.00 bits per heavy atom. The molecule has 1 aliphatic carbocycles. The van der Waals surface area contributed by atoms with Crippen LogP contribution in [0.15, 0.2) is 0 Å². The third-order valence-corrected chi connectivity index (χ3v) is 2.77. The molecule has 1 radical (unpaired) electrons. The molecule has 0 heteroatoms. The van der Waals surface area contributed by atoms with Crippen molar-refractivity contribution < 1.29 is 0 Å². The lowest BCUT2D eigenvalue weighted by atomic mass is 9.79. The largest absolute Gasteiger partial charge is 0.0599 e. The van der Waals surface area contributed by atoms with Gasteiger partial charge in [-0.15, -0.1) is 0 Å². The van der Waals surface area contributed by atoms with E-state index >= 15 is 0 Å². The fourth-order valence-corrected chi connectivity index (χ4v) is 1.86. The van der Waals surface area contributed by atoms with E-state index in [1.165, 1.54) is 19.3 Å². The highest BCUT2D eigenvalue weighted by molar-refractivity contribution is 4.83. The van der Waals surface area contributed by atoms with E-state index in [0.717, 1.165) is 11.8 Å². The molecule has 0 saturated heterocycles. The topological polar surface area (TPSA) is 0 Å². The highest BCUT2D eigenvalue weighted by atomic mass is 14.4. The smallest absolute Gasteiger partial charge is 0.0354 e. The average Bonchev–Trinajstić information content (AvgIpc) is 2.11. The molecule has 0 aromatic heterocycles. The zero-order valence-corrected chi connectivity index (χ0v) is 7.48. The van der Waals surface area contributed by atoms with Gasteiger partial charge in [0, 0.05) is 0 Å². The van der Waals surface area contributed by atoms with Gasteiger partial charge in [-0.05, 0) is 30.1 Å². The normalized spacial score (nSPS) is 34.8. The van der Waals surface area contributed by atoms with Crippen LogP contribution in [-0.4, -0.2) is 0 Å². The van der Waals surface area contributed by atoms with Crippen LogP contribution < -0.4 is 0 Å². The van der Waals surface area contributed by atoms with Crippen LogP contribution in [0.4, 0.5) is 0 Å². The van der Waals surface area contributed by atoms with Crippen molar-refractivity contribution in [3.05, 3.63) is 6.92 Å². The third kappa shape index (κ3) is 1.74. The first kappa shape index (κ1) is 8.10. The Labute approximate surface area is 65.0 Å². The Balaban J connectivity index is 2.45. The van der Waals surface area contributed by atoms with Crippen molar-refractivity contribution in [1.29, 1.82) is 0 Å². The molecule has 1 rings (SSSR count). The SMILES string of the molecule is [CH2]C1CCC(C(C)(C)C)C1. The molecule has 0 amide bonds. The molecule has 0 N–H and O–H groups in total. The Morgan fingerprint density at radius 1 is 1.20 bits per heavy atom. The van der Waals surface area contributed by atoms with Crippen LogP contribution in [-0.2, 0) is 0 Å². The molecule has 10 heavy (non-hydrogen) atoms. The van der Waals surface area contributed by atoms with Gasteiger partial charge in [-0.2, -0.15) is 0 Å². The van der Waals surface area contributed by atoms with Gasteiger partial charge < -0.3 is 0 Å². The Kier molecular flexibility index (Phi) is 2.07. The minimum atomic E-state index is 0.520. The van der Waals surface area contributed by atoms with Gasteiger partial charge in [-0.3, -0.25) is 0 Å². The first-order chi connectivity index (χ1) is 4.50. The van der Waals surface area contributed by atoms with Gasteiger partial charge in [0.15, 0.2) is 0 Å². The summed E-state index contributed by atoms with van der Waals surface area (Å²) in [6.45, 7) is 11.1. The second-order valence-corrected chi connectivity index (χ2v) is 4.74. The van der Waals surface area contributed by atoms with Gasteiger partial charge in [-0.1, -0.05) is 34.1 Å². The summed E-state index contributed by atoms with van der Waals surface area (Å²) in [5.74, 6) is 1.67. The zero-order chi connectivity index (χ0) is 7.78. The summed E-state index contributed by atoms with van der Waals surface area (Å²) >= 11 is 0. The molecular formula is C10H19. The summed E-state index contributed by atoms with van der Waals surface area (Å²) in [4.78, 5) is 0. The summed E-state index contributed by atoms with van der Waals surface area (Å²) < 4.78 is 0. The minimum absolute atomic E-state index is 0.520. The van der Waals surface area contributed by atoms with E-state index in [9.17, 15) is 0 Å². The van der Waals surface area contributed by atoms with Crippen molar-refractivity contribution in [2.75, 3.05) is 0 Å². The van der Waals surface area contributed by atoms with Crippen molar-refractivity contribution in [3.63, 3.8) is 0 Å². The van der Waals surface area contributed by atoms with E-state index in [2.05, 4.69) is 27.7 Å². The van der Waals surface area contributed by atoms with E-state index in [4.69, 9.17) is 0 Å². The van der Waals surface area contributed by atoms with Crippen LogP contribution in [0.5, 0.6) is 0 Å². The maximum absolute atomic E-state index is 4.10. The molecule has 59 valence electrons. The van der Waals surface area contributed by atoms with Crippen molar-refractivity contribution in [2.45, 2.75) is 40.0 Å². The number of hydrogen-bond donors (Lipinski definition) is 0. The van der Waals surface area contributed by atoms with E-state index in [1.807, 2.05) is 0 Å². The Hall–Kier alpha value is 0. The number of rotatable bonds is 0. The van der Waals surface area contributed by atoms with Gasteiger partial charge in [0.2, 0.25) is 0 Å². The molecule has 0 aromatic rings. The fourth-order valence-electron chi connectivity index (χ4n) is 1.86. The predicted octanol–water partition coefficient (Wildman–Crippen LogP) is 3.28. The quantitative estimate of drug-likeness (QED) is 0.483. The van der Waals surface area contributed by atoms with Crippen LogP contribution in [0.25, 0.3) is 0 Å². The van der Waals surface area contributed by atoms with Crippen LogP contribution in [0, 0.1) is 24.2 Å². The van der Waals surface area contributed by atoms with Crippen molar-refractivity contribution in [3.8, 4) is 0 Å². The van der Waals surface area contributed by atoms with E-state index in [1.54, 1.807) is 0 Å². The van der Waals surface area contributed by atoms with Gasteiger partial charge in [-0.25, -0.2) is 0 Å². The number of hydrogen-bond acceptors (Lipinski definition) is 0. The van der Waals surface area contributed by atoms with Crippen LogP contribution in [0.2, 0.25) is 0 Å². The van der Waals surface area contributed by atoms with Crippen LogP contribution in [0.3, 0.4) is 0 Å². The Bertz CT molecular complexity index is 108. The zero-order valence-electron chi connectivity index (χ0n) is 7.48. The molecule has 0 spiro atoms. The van der Waals surface area contributed by atoms with Gasteiger partial charge in [0.1, 0.15) is 0 Å². The van der Waals surface area contributed by atoms with Crippen molar-refractivity contribution in [2.24, 2.45) is 17.3 Å². The van der Waals surface area contributed by atoms with Gasteiger partial charge >= 0.3 is 0 Å². The summed E-state index contributed by atoms with van der Waals surface area (Å²) in [7, 11) is 0. The van der Waals surface area contributed by atoms with E-state index < -0.39 is 0 Å². The summed E-state index contributed by atoms with van der Waals surface area (Å²) in [6.07, 6.45) is 4.10. The minimum Gasteiger partial charge on any atom is -0.0599 e. The van der Waals surface area contributed by atoms with E-state index in [-0.39, 0.29) is 0 Å². The lowest BCUT2D eigenvalue weighted by Gasteiger charge is -2.26. The summed E-state index contributed by atoms with van der Waals surface area (Å²) in [5, 5.41) is 0. The highest BCUT2D eigenvalue weighted by Gasteiger charge is 2.30. The molecule has 2 atom stereocenters. The third-order valence-electron chi connectivity index (χ3n) is 2.77. The monoisotopic (exact) mass is 139 g/mol. The van der Waals surface area contributed by atoms with Gasteiger partial charge in [0.25, 0.3) is 0 Å². The maximum atomic E-state index is 4.10. The molecule has 0 aromatic carbocycles. The molecule has 0 nitrogen and oxygen atoms in total.